The SMILES string of the molecule is CCCNC(CC1CC2CCC1C2)c1sc(C)cc1Br. The molecule has 1 heterocycles. The first-order valence-corrected chi connectivity index (χ1v) is 9.77. The summed E-state index contributed by atoms with van der Waals surface area (Å²) in [7, 11) is 0. The van der Waals surface area contributed by atoms with Crippen molar-refractivity contribution in [3.63, 3.8) is 0 Å². The Bertz CT molecular complexity index is 456. The van der Waals surface area contributed by atoms with E-state index in [0.29, 0.717) is 6.04 Å². The van der Waals surface area contributed by atoms with E-state index < -0.39 is 0 Å². The molecule has 4 unspecified atom stereocenters. The highest BCUT2D eigenvalue weighted by atomic mass is 79.9. The second-order valence-corrected chi connectivity index (χ2v) is 8.89. The van der Waals surface area contributed by atoms with Crippen molar-refractivity contribution >= 4 is 27.3 Å². The molecular formula is C17H26BrNS. The van der Waals surface area contributed by atoms with Crippen LogP contribution in [0.3, 0.4) is 0 Å². The predicted molar refractivity (Wildman–Crippen MR) is 91.3 cm³/mol. The van der Waals surface area contributed by atoms with Crippen LogP contribution in [0.5, 0.6) is 0 Å². The topological polar surface area (TPSA) is 12.0 Å². The van der Waals surface area contributed by atoms with Crippen LogP contribution in [0.1, 0.15) is 61.2 Å². The fraction of sp³-hybridized carbons (Fsp3) is 0.765. The van der Waals surface area contributed by atoms with Gasteiger partial charge < -0.3 is 5.32 Å². The molecule has 1 N–H and O–H groups in total. The van der Waals surface area contributed by atoms with Crippen LogP contribution in [-0.4, -0.2) is 6.54 Å². The van der Waals surface area contributed by atoms with Crippen LogP contribution in [-0.2, 0) is 0 Å². The van der Waals surface area contributed by atoms with Crippen molar-refractivity contribution in [3.05, 3.63) is 20.3 Å². The van der Waals surface area contributed by atoms with Crippen LogP contribution in [0.15, 0.2) is 10.5 Å². The summed E-state index contributed by atoms with van der Waals surface area (Å²) in [6.07, 6.45) is 8.60. The quantitative estimate of drug-likeness (QED) is 0.691. The molecule has 2 bridgehead atoms. The van der Waals surface area contributed by atoms with E-state index in [2.05, 4.69) is 41.2 Å². The summed E-state index contributed by atoms with van der Waals surface area (Å²) in [5.41, 5.74) is 0. The van der Waals surface area contributed by atoms with Crippen LogP contribution in [0.4, 0.5) is 0 Å². The van der Waals surface area contributed by atoms with Gasteiger partial charge in [0.1, 0.15) is 0 Å². The van der Waals surface area contributed by atoms with Crippen LogP contribution < -0.4 is 5.32 Å². The minimum absolute atomic E-state index is 0.562. The summed E-state index contributed by atoms with van der Waals surface area (Å²) in [5.74, 6) is 3.06. The molecular weight excluding hydrogens is 330 g/mol. The molecule has 0 aromatic carbocycles. The maximum Gasteiger partial charge on any atom is 0.0429 e. The Hall–Kier alpha value is 0.140. The Kier molecular flexibility index (Phi) is 4.89. The molecule has 2 aliphatic rings. The molecule has 0 spiro atoms. The maximum absolute atomic E-state index is 3.81. The van der Waals surface area contributed by atoms with Gasteiger partial charge in [-0.2, -0.15) is 0 Å². The number of hydrogen-bond acceptors (Lipinski definition) is 2. The highest BCUT2D eigenvalue weighted by molar-refractivity contribution is 9.10. The van der Waals surface area contributed by atoms with Gasteiger partial charge in [0.05, 0.1) is 0 Å². The normalized spacial score (nSPS) is 30.1. The molecule has 0 amide bonds. The van der Waals surface area contributed by atoms with Gasteiger partial charge in [0, 0.05) is 20.3 Å². The highest BCUT2D eigenvalue weighted by Crippen LogP contribution is 2.51. The fourth-order valence-electron chi connectivity index (χ4n) is 4.31. The largest absolute Gasteiger partial charge is 0.309 e. The van der Waals surface area contributed by atoms with E-state index >= 15 is 0 Å². The van der Waals surface area contributed by atoms with Gasteiger partial charge in [-0.25, -0.2) is 0 Å². The van der Waals surface area contributed by atoms with Gasteiger partial charge in [0.2, 0.25) is 0 Å². The Labute approximate surface area is 135 Å². The van der Waals surface area contributed by atoms with E-state index in [1.807, 2.05) is 11.3 Å². The number of nitrogens with one attached hydrogen (secondary N) is 1. The smallest absolute Gasteiger partial charge is 0.0429 e. The summed E-state index contributed by atoms with van der Waals surface area (Å²) < 4.78 is 1.32. The Balaban J connectivity index is 1.71. The highest BCUT2D eigenvalue weighted by Gasteiger charge is 2.40. The van der Waals surface area contributed by atoms with Crippen molar-refractivity contribution in [1.29, 1.82) is 0 Å². The van der Waals surface area contributed by atoms with Gasteiger partial charge in [0.25, 0.3) is 0 Å². The van der Waals surface area contributed by atoms with Gasteiger partial charge in [-0.05, 0) is 85.3 Å². The summed E-state index contributed by atoms with van der Waals surface area (Å²) in [4.78, 5) is 2.95. The zero-order valence-corrected chi connectivity index (χ0v) is 15.0. The van der Waals surface area contributed by atoms with E-state index in [1.165, 1.54) is 52.8 Å². The molecule has 112 valence electrons. The van der Waals surface area contributed by atoms with Crippen LogP contribution in [0.2, 0.25) is 0 Å². The van der Waals surface area contributed by atoms with E-state index in [0.717, 1.165) is 24.3 Å². The van der Waals surface area contributed by atoms with Gasteiger partial charge in [0.15, 0.2) is 0 Å². The number of halogens is 1. The second kappa shape index (κ2) is 6.50. The lowest BCUT2D eigenvalue weighted by atomic mass is 9.84. The molecule has 1 aromatic rings. The van der Waals surface area contributed by atoms with Crippen LogP contribution in [0, 0.1) is 24.7 Å². The van der Waals surface area contributed by atoms with Gasteiger partial charge in [-0.1, -0.05) is 13.3 Å². The third-order valence-electron chi connectivity index (χ3n) is 5.22. The minimum Gasteiger partial charge on any atom is -0.309 e. The van der Waals surface area contributed by atoms with E-state index in [1.54, 1.807) is 0 Å². The minimum atomic E-state index is 0.562. The molecule has 2 aliphatic carbocycles. The fourth-order valence-corrected chi connectivity index (χ4v) is 6.32. The van der Waals surface area contributed by atoms with Crippen LogP contribution in [0.25, 0.3) is 0 Å². The van der Waals surface area contributed by atoms with Crippen molar-refractivity contribution in [1.82, 2.24) is 5.32 Å². The van der Waals surface area contributed by atoms with E-state index in [-0.39, 0.29) is 0 Å². The number of fused-ring (bicyclic) bond motifs is 2. The number of rotatable bonds is 6. The number of aryl methyl sites for hydroxylation is 1. The molecule has 0 saturated heterocycles. The molecule has 20 heavy (non-hydrogen) atoms. The average Bonchev–Trinajstić information content (AvgIpc) is 3.10. The molecule has 3 rings (SSSR count). The summed E-state index contributed by atoms with van der Waals surface area (Å²) in [5, 5.41) is 3.81. The first kappa shape index (κ1) is 15.1. The lowest BCUT2D eigenvalue weighted by Gasteiger charge is -2.27. The Morgan fingerprint density at radius 1 is 1.40 bits per heavy atom. The average molecular weight is 356 g/mol. The lowest BCUT2D eigenvalue weighted by molar-refractivity contribution is 0.280. The van der Waals surface area contributed by atoms with E-state index in [4.69, 9.17) is 0 Å². The predicted octanol–water partition coefficient (Wildman–Crippen LogP) is 5.69. The Morgan fingerprint density at radius 2 is 2.25 bits per heavy atom. The summed E-state index contributed by atoms with van der Waals surface area (Å²) in [6.45, 7) is 5.61. The maximum atomic E-state index is 3.81. The van der Waals surface area contributed by atoms with Gasteiger partial charge in [-0.15, -0.1) is 11.3 Å². The molecule has 4 atom stereocenters. The monoisotopic (exact) mass is 355 g/mol. The molecule has 1 nitrogen and oxygen atoms in total. The molecule has 3 heteroatoms. The summed E-state index contributed by atoms with van der Waals surface area (Å²) in [6, 6.07) is 2.84. The first-order valence-electron chi connectivity index (χ1n) is 8.16. The summed E-state index contributed by atoms with van der Waals surface area (Å²) >= 11 is 5.74. The molecule has 0 aliphatic heterocycles. The van der Waals surface area contributed by atoms with Crippen LogP contribution >= 0.6 is 27.3 Å². The van der Waals surface area contributed by atoms with Gasteiger partial charge in [-0.3, -0.25) is 0 Å². The van der Waals surface area contributed by atoms with Crippen molar-refractivity contribution < 1.29 is 0 Å². The molecule has 2 fully saturated rings. The molecule has 2 saturated carbocycles. The van der Waals surface area contributed by atoms with E-state index in [9.17, 15) is 0 Å². The van der Waals surface area contributed by atoms with Crippen molar-refractivity contribution in [2.75, 3.05) is 6.54 Å². The molecule has 1 aromatic heterocycles. The second-order valence-electron chi connectivity index (χ2n) is 6.75. The third-order valence-corrected chi connectivity index (χ3v) is 7.30. The lowest BCUT2D eigenvalue weighted by Crippen LogP contribution is -2.25. The van der Waals surface area contributed by atoms with Crippen molar-refractivity contribution in [3.8, 4) is 0 Å². The Morgan fingerprint density at radius 3 is 2.80 bits per heavy atom. The standard InChI is InChI=1S/C17H26BrNS/c1-3-6-19-16(17-15(18)7-11(2)20-17)10-14-9-12-4-5-13(14)8-12/h7,12-14,16,19H,3-6,8-10H2,1-2H3. The first-order chi connectivity index (χ1) is 9.67. The number of hydrogen-bond donors (Lipinski definition) is 1. The van der Waals surface area contributed by atoms with Crippen molar-refractivity contribution in [2.24, 2.45) is 17.8 Å². The van der Waals surface area contributed by atoms with Crippen molar-refractivity contribution in [2.45, 2.75) is 58.4 Å². The zero-order chi connectivity index (χ0) is 14.1. The molecule has 0 radical (unpaired) electrons. The van der Waals surface area contributed by atoms with Gasteiger partial charge >= 0.3 is 0 Å². The number of thiophene rings is 1. The zero-order valence-electron chi connectivity index (χ0n) is 12.6. The third kappa shape index (κ3) is 3.15.